The number of amides is 1. The van der Waals surface area contributed by atoms with Crippen LogP contribution in [0.15, 0.2) is 0 Å². The first-order chi connectivity index (χ1) is 9.83. The highest BCUT2D eigenvalue weighted by atomic mass is 16.6. The molecule has 0 aromatic rings. The van der Waals surface area contributed by atoms with E-state index in [-0.39, 0.29) is 6.09 Å². The fourth-order valence-electron chi connectivity index (χ4n) is 3.05. The largest absolute Gasteiger partial charge is 0.444 e. The molecule has 122 valence electrons. The zero-order valence-corrected chi connectivity index (χ0v) is 13.7. The van der Waals surface area contributed by atoms with Gasteiger partial charge in [0.05, 0.1) is 0 Å². The van der Waals surface area contributed by atoms with Crippen molar-refractivity contribution in [3.63, 3.8) is 0 Å². The third-order valence-corrected chi connectivity index (χ3v) is 4.22. The molecule has 0 radical (unpaired) electrons. The highest BCUT2D eigenvalue weighted by Gasteiger charge is 2.33. The van der Waals surface area contributed by atoms with Crippen LogP contribution in [0.4, 0.5) is 4.79 Å². The molecule has 0 saturated heterocycles. The van der Waals surface area contributed by atoms with Crippen LogP contribution in [0.1, 0.15) is 59.3 Å². The molecule has 0 spiro atoms. The molecule has 0 bridgehead atoms. The van der Waals surface area contributed by atoms with Gasteiger partial charge in [-0.3, -0.25) is 0 Å². The molecule has 3 atom stereocenters. The molecule has 21 heavy (non-hydrogen) atoms. The van der Waals surface area contributed by atoms with Crippen LogP contribution in [-0.4, -0.2) is 36.4 Å². The Morgan fingerprint density at radius 1 is 1.29 bits per heavy atom. The second kappa shape index (κ2) is 6.97. The second-order valence-corrected chi connectivity index (χ2v) is 7.62. The normalized spacial score (nSPS) is 28.0. The Labute approximate surface area is 128 Å². The fraction of sp³-hybridized carbons (Fsp3) is 0.938. The summed E-state index contributed by atoms with van der Waals surface area (Å²) in [5, 5.41) is 6.62. The van der Waals surface area contributed by atoms with E-state index in [9.17, 15) is 4.79 Å². The van der Waals surface area contributed by atoms with Crippen LogP contribution in [0, 0.1) is 5.92 Å². The lowest BCUT2D eigenvalue weighted by atomic mass is 9.91. The summed E-state index contributed by atoms with van der Waals surface area (Å²) in [6.07, 6.45) is 6.78. The van der Waals surface area contributed by atoms with Gasteiger partial charge in [0, 0.05) is 24.7 Å². The van der Waals surface area contributed by atoms with E-state index in [0.29, 0.717) is 30.6 Å². The van der Waals surface area contributed by atoms with Gasteiger partial charge in [0.25, 0.3) is 0 Å². The molecule has 2 fully saturated rings. The average Bonchev–Trinajstić information content (AvgIpc) is 3.16. The molecule has 0 aromatic heterocycles. The van der Waals surface area contributed by atoms with Crippen molar-refractivity contribution >= 4 is 6.09 Å². The zero-order chi connectivity index (χ0) is 15.5. The van der Waals surface area contributed by atoms with E-state index in [2.05, 4.69) is 10.6 Å². The Bertz CT molecular complexity index is 350. The van der Waals surface area contributed by atoms with Gasteiger partial charge in [-0.05, 0) is 58.8 Å². The van der Waals surface area contributed by atoms with Gasteiger partial charge in [-0.25, -0.2) is 4.79 Å². The molecular formula is C16H31N3O2. The van der Waals surface area contributed by atoms with Gasteiger partial charge in [-0.2, -0.15) is 0 Å². The number of nitrogens with one attached hydrogen (secondary N) is 2. The lowest BCUT2D eigenvalue weighted by molar-refractivity contribution is 0.0519. The van der Waals surface area contributed by atoms with Crippen molar-refractivity contribution in [1.29, 1.82) is 0 Å². The molecular weight excluding hydrogens is 266 g/mol. The Morgan fingerprint density at radius 2 is 2.00 bits per heavy atom. The SMILES string of the molecule is CC(C)(C)OC(=O)NCC(NC1CCCC(N)C1)C1CC1. The first kappa shape index (κ1) is 16.6. The number of rotatable bonds is 5. The molecule has 2 saturated carbocycles. The van der Waals surface area contributed by atoms with Crippen molar-refractivity contribution in [3.8, 4) is 0 Å². The molecule has 4 N–H and O–H groups in total. The van der Waals surface area contributed by atoms with Crippen molar-refractivity contribution in [2.75, 3.05) is 6.54 Å². The van der Waals surface area contributed by atoms with Gasteiger partial charge >= 0.3 is 6.09 Å². The first-order valence-corrected chi connectivity index (χ1v) is 8.32. The standard InChI is InChI=1S/C16H31N3O2/c1-16(2,3)21-15(20)18-10-14(11-7-8-11)19-13-6-4-5-12(17)9-13/h11-14,19H,4-10,17H2,1-3H3,(H,18,20). The molecule has 1 amide bonds. The molecule has 2 aliphatic rings. The van der Waals surface area contributed by atoms with Gasteiger partial charge in [-0.15, -0.1) is 0 Å². The molecule has 2 rings (SSSR count). The Balaban J connectivity index is 1.76. The van der Waals surface area contributed by atoms with E-state index in [1.807, 2.05) is 20.8 Å². The van der Waals surface area contributed by atoms with Gasteiger partial charge in [0.2, 0.25) is 0 Å². The maximum atomic E-state index is 11.8. The topological polar surface area (TPSA) is 76.4 Å². The monoisotopic (exact) mass is 297 g/mol. The van der Waals surface area contributed by atoms with Crippen LogP contribution in [0.2, 0.25) is 0 Å². The minimum Gasteiger partial charge on any atom is -0.444 e. The van der Waals surface area contributed by atoms with E-state index >= 15 is 0 Å². The molecule has 5 heteroatoms. The van der Waals surface area contributed by atoms with Gasteiger partial charge in [0.1, 0.15) is 5.60 Å². The number of alkyl carbamates (subject to hydrolysis) is 1. The maximum Gasteiger partial charge on any atom is 0.407 e. The summed E-state index contributed by atoms with van der Waals surface area (Å²) in [7, 11) is 0. The fourth-order valence-corrected chi connectivity index (χ4v) is 3.05. The highest BCUT2D eigenvalue weighted by Crippen LogP contribution is 2.33. The summed E-state index contributed by atoms with van der Waals surface area (Å²) < 4.78 is 5.30. The van der Waals surface area contributed by atoms with E-state index in [4.69, 9.17) is 10.5 Å². The van der Waals surface area contributed by atoms with Gasteiger partial charge < -0.3 is 21.1 Å². The van der Waals surface area contributed by atoms with Crippen molar-refractivity contribution in [3.05, 3.63) is 0 Å². The molecule has 3 unspecified atom stereocenters. The predicted octanol–water partition coefficient (Wildman–Crippen LogP) is 2.15. The van der Waals surface area contributed by atoms with E-state index in [0.717, 1.165) is 12.8 Å². The van der Waals surface area contributed by atoms with Gasteiger partial charge in [-0.1, -0.05) is 6.42 Å². The van der Waals surface area contributed by atoms with E-state index < -0.39 is 5.60 Å². The highest BCUT2D eigenvalue weighted by molar-refractivity contribution is 5.67. The predicted molar refractivity (Wildman–Crippen MR) is 84.1 cm³/mol. The Kier molecular flexibility index (Phi) is 5.49. The van der Waals surface area contributed by atoms with Crippen molar-refractivity contribution in [1.82, 2.24) is 10.6 Å². The van der Waals surface area contributed by atoms with Crippen LogP contribution in [0.5, 0.6) is 0 Å². The molecule has 0 aromatic carbocycles. The van der Waals surface area contributed by atoms with Crippen molar-refractivity contribution < 1.29 is 9.53 Å². The van der Waals surface area contributed by atoms with Crippen LogP contribution < -0.4 is 16.4 Å². The lowest BCUT2D eigenvalue weighted by Crippen LogP contribution is -2.50. The number of hydrogen-bond acceptors (Lipinski definition) is 4. The summed E-state index contributed by atoms with van der Waals surface area (Å²) in [5.74, 6) is 0.693. The van der Waals surface area contributed by atoms with Crippen molar-refractivity contribution in [2.45, 2.75) is 83.0 Å². The number of carbonyl (C=O) groups excluding carboxylic acids is 1. The summed E-state index contributed by atoms with van der Waals surface area (Å²) in [4.78, 5) is 11.8. The first-order valence-electron chi connectivity index (χ1n) is 8.32. The number of hydrogen-bond donors (Lipinski definition) is 3. The Hall–Kier alpha value is -0.810. The summed E-state index contributed by atoms with van der Waals surface area (Å²) in [5.41, 5.74) is 5.61. The maximum absolute atomic E-state index is 11.8. The number of ether oxygens (including phenoxy) is 1. The molecule has 2 aliphatic carbocycles. The minimum absolute atomic E-state index is 0.324. The lowest BCUT2D eigenvalue weighted by Gasteiger charge is -2.31. The summed E-state index contributed by atoms with van der Waals surface area (Å²) in [6, 6.07) is 1.18. The Morgan fingerprint density at radius 3 is 2.57 bits per heavy atom. The number of carbonyl (C=O) groups is 1. The minimum atomic E-state index is -0.442. The summed E-state index contributed by atoms with van der Waals surface area (Å²) >= 11 is 0. The van der Waals surface area contributed by atoms with E-state index in [1.165, 1.54) is 25.7 Å². The third kappa shape index (κ3) is 6.22. The van der Waals surface area contributed by atoms with Crippen molar-refractivity contribution in [2.24, 2.45) is 11.7 Å². The number of nitrogens with two attached hydrogens (primary N) is 1. The van der Waals surface area contributed by atoms with E-state index in [1.54, 1.807) is 0 Å². The smallest absolute Gasteiger partial charge is 0.407 e. The quantitative estimate of drug-likeness (QED) is 0.727. The van der Waals surface area contributed by atoms with Gasteiger partial charge in [0.15, 0.2) is 0 Å². The van der Waals surface area contributed by atoms with Crippen LogP contribution in [-0.2, 0) is 4.74 Å². The molecule has 5 nitrogen and oxygen atoms in total. The third-order valence-electron chi connectivity index (χ3n) is 4.22. The van der Waals surface area contributed by atoms with Crippen LogP contribution >= 0.6 is 0 Å². The van der Waals surface area contributed by atoms with Crippen LogP contribution in [0.25, 0.3) is 0 Å². The summed E-state index contributed by atoms with van der Waals surface area (Å²) in [6.45, 7) is 6.29. The second-order valence-electron chi connectivity index (χ2n) is 7.62. The molecule has 0 aliphatic heterocycles. The molecule has 0 heterocycles. The zero-order valence-electron chi connectivity index (χ0n) is 13.7. The van der Waals surface area contributed by atoms with Crippen LogP contribution in [0.3, 0.4) is 0 Å². The average molecular weight is 297 g/mol.